The van der Waals surface area contributed by atoms with Crippen LogP contribution >= 0.6 is 0 Å². The zero-order valence-electron chi connectivity index (χ0n) is 14.0. The molecule has 1 atom stereocenters. The summed E-state index contributed by atoms with van der Waals surface area (Å²) in [7, 11) is 0. The van der Waals surface area contributed by atoms with Crippen molar-refractivity contribution in [2.24, 2.45) is 11.1 Å². The van der Waals surface area contributed by atoms with Gasteiger partial charge in [0.1, 0.15) is 5.60 Å². The molecule has 1 unspecified atom stereocenters. The number of amides is 1. The second kappa shape index (κ2) is 6.72. The third-order valence-corrected chi connectivity index (χ3v) is 4.76. The maximum Gasteiger partial charge on any atom is 0.410 e. The molecule has 0 spiro atoms. The van der Waals surface area contributed by atoms with E-state index >= 15 is 0 Å². The fourth-order valence-corrected chi connectivity index (χ4v) is 3.35. The summed E-state index contributed by atoms with van der Waals surface area (Å²) in [6, 6.07) is 0. The smallest absolute Gasteiger partial charge is 0.410 e. The Labute approximate surface area is 132 Å². The molecule has 2 fully saturated rings. The first-order valence-electron chi connectivity index (χ1n) is 8.23. The van der Waals surface area contributed by atoms with E-state index in [9.17, 15) is 9.90 Å². The number of carbonyl (C=O) groups is 1. The maximum atomic E-state index is 12.3. The molecular weight excluding hydrogens is 284 g/mol. The third kappa shape index (κ3) is 4.12. The van der Waals surface area contributed by atoms with Crippen molar-refractivity contribution in [1.29, 1.82) is 0 Å². The SMILES string of the molecule is CC(C)(C)OC(=O)N1CCOC(C2(CN)CCC(O)CC2)C1. The van der Waals surface area contributed by atoms with Crippen LogP contribution in [0.5, 0.6) is 0 Å². The van der Waals surface area contributed by atoms with Crippen LogP contribution in [0.15, 0.2) is 0 Å². The van der Waals surface area contributed by atoms with E-state index in [2.05, 4.69) is 0 Å². The Bertz CT molecular complexity index is 386. The number of ether oxygens (including phenoxy) is 2. The molecule has 6 nitrogen and oxygen atoms in total. The zero-order chi connectivity index (χ0) is 16.4. The second-order valence-corrected chi connectivity index (χ2v) is 7.58. The van der Waals surface area contributed by atoms with Crippen LogP contribution in [0.2, 0.25) is 0 Å². The number of nitrogens with zero attached hydrogens (tertiary/aromatic N) is 1. The lowest BCUT2D eigenvalue weighted by Crippen LogP contribution is -2.56. The molecule has 1 aliphatic heterocycles. The fraction of sp³-hybridized carbons (Fsp3) is 0.938. The monoisotopic (exact) mass is 314 g/mol. The van der Waals surface area contributed by atoms with E-state index in [0.29, 0.717) is 26.2 Å². The van der Waals surface area contributed by atoms with Gasteiger partial charge in [-0.05, 0) is 46.5 Å². The van der Waals surface area contributed by atoms with Crippen LogP contribution in [0.3, 0.4) is 0 Å². The standard InChI is InChI=1S/C16H30N2O4/c1-15(2,3)22-14(20)18-8-9-21-13(10-18)16(11-17)6-4-12(19)5-7-16/h12-13,19H,4-11,17H2,1-3H3. The van der Waals surface area contributed by atoms with Gasteiger partial charge in [0.15, 0.2) is 0 Å². The molecule has 0 aromatic carbocycles. The lowest BCUT2D eigenvalue weighted by Gasteiger charge is -2.47. The van der Waals surface area contributed by atoms with Crippen molar-refractivity contribution in [2.45, 2.75) is 64.3 Å². The van der Waals surface area contributed by atoms with Crippen molar-refractivity contribution >= 4 is 6.09 Å². The molecule has 1 heterocycles. The lowest BCUT2D eigenvalue weighted by molar-refractivity contribution is -0.113. The zero-order valence-corrected chi connectivity index (χ0v) is 14.0. The second-order valence-electron chi connectivity index (χ2n) is 7.58. The van der Waals surface area contributed by atoms with E-state index in [1.807, 2.05) is 20.8 Å². The Morgan fingerprint density at radius 2 is 2.05 bits per heavy atom. The summed E-state index contributed by atoms with van der Waals surface area (Å²) in [5, 5.41) is 9.74. The highest BCUT2D eigenvalue weighted by molar-refractivity contribution is 5.68. The van der Waals surface area contributed by atoms with Gasteiger partial charge in [-0.2, -0.15) is 0 Å². The predicted molar refractivity (Wildman–Crippen MR) is 83.5 cm³/mol. The molecular formula is C16H30N2O4. The number of hydrogen-bond acceptors (Lipinski definition) is 5. The van der Waals surface area contributed by atoms with E-state index in [0.717, 1.165) is 25.7 Å². The first-order chi connectivity index (χ1) is 10.3. The lowest BCUT2D eigenvalue weighted by atomic mass is 9.69. The molecule has 22 heavy (non-hydrogen) atoms. The van der Waals surface area contributed by atoms with Crippen molar-refractivity contribution < 1.29 is 19.4 Å². The van der Waals surface area contributed by atoms with Gasteiger partial charge in [0.25, 0.3) is 0 Å². The van der Waals surface area contributed by atoms with Gasteiger partial charge in [-0.3, -0.25) is 0 Å². The van der Waals surface area contributed by atoms with Crippen molar-refractivity contribution in [3.8, 4) is 0 Å². The average Bonchev–Trinajstić information content (AvgIpc) is 2.47. The van der Waals surface area contributed by atoms with E-state index in [1.165, 1.54) is 0 Å². The number of aliphatic hydroxyl groups excluding tert-OH is 1. The summed E-state index contributed by atoms with van der Waals surface area (Å²) in [6.45, 7) is 7.70. The minimum atomic E-state index is -0.495. The van der Waals surface area contributed by atoms with Gasteiger partial charge in [0.05, 0.1) is 25.4 Å². The van der Waals surface area contributed by atoms with Crippen molar-refractivity contribution in [2.75, 3.05) is 26.2 Å². The predicted octanol–water partition coefficient (Wildman–Crippen LogP) is 1.50. The third-order valence-electron chi connectivity index (χ3n) is 4.76. The largest absolute Gasteiger partial charge is 0.444 e. The molecule has 3 N–H and O–H groups in total. The first kappa shape index (κ1) is 17.5. The Morgan fingerprint density at radius 3 is 2.59 bits per heavy atom. The van der Waals surface area contributed by atoms with Gasteiger partial charge in [-0.1, -0.05) is 0 Å². The number of carbonyl (C=O) groups excluding carboxylic acids is 1. The molecule has 1 amide bonds. The molecule has 0 aromatic heterocycles. The molecule has 1 saturated heterocycles. The van der Waals surface area contributed by atoms with E-state index in [-0.39, 0.29) is 23.7 Å². The number of hydrogen-bond donors (Lipinski definition) is 2. The van der Waals surface area contributed by atoms with E-state index in [4.69, 9.17) is 15.2 Å². The van der Waals surface area contributed by atoms with Gasteiger partial charge < -0.3 is 25.2 Å². The number of rotatable bonds is 2. The fourth-order valence-electron chi connectivity index (χ4n) is 3.35. The van der Waals surface area contributed by atoms with Crippen molar-refractivity contribution in [3.63, 3.8) is 0 Å². The molecule has 0 bridgehead atoms. The highest BCUT2D eigenvalue weighted by atomic mass is 16.6. The highest BCUT2D eigenvalue weighted by Gasteiger charge is 2.44. The Balaban J connectivity index is 2.01. The molecule has 1 saturated carbocycles. The van der Waals surface area contributed by atoms with Gasteiger partial charge in [-0.15, -0.1) is 0 Å². The van der Waals surface area contributed by atoms with Crippen LogP contribution < -0.4 is 5.73 Å². The van der Waals surface area contributed by atoms with Crippen LogP contribution in [0.4, 0.5) is 4.79 Å². The summed E-state index contributed by atoms with van der Waals surface area (Å²) in [4.78, 5) is 14.0. The summed E-state index contributed by atoms with van der Waals surface area (Å²) in [6.07, 6.45) is 2.60. The van der Waals surface area contributed by atoms with Crippen LogP contribution in [-0.2, 0) is 9.47 Å². The van der Waals surface area contributed by atoms with Crippen molar-refractivity contribution in [3.05, 3.63) is 0 Å². The summed E-state index contributed by atoms with van der Waals surface area (Å²) >= 11 is 0. The van der Waals surface area contributed by atoms with Gasteiger partial charge in [-0.25, -0.2) is 4.79 Å². The highest BCUT2D eigenvalue weighted by Crippen LogP contribution is 2.41. The molecule has 128 valence electrons. The average molecular weight is 314 g/mol. The van der Waals surface area contributed by atoms with Crippen molar-refractivity contribution in [1.82, 2.24) is 4.90 Å². The topological polar surface area (TPSA) is 85.0 Å². The summed E-state index contributed by atoms with van der Waals surface area (Å²) < 4.78 is 11.4. The number of aliphatic hydroxyl groups is 1. The van der Waals surface area contributed by atoms with Gasteiger partial charge in [0.2, 0.25) is 0 Å². The molecule has 0 aromatic rings. The van der Waals surface area contributed by atoms with Crippen LogP contribution in [0, 0.1) is 5.41 Å². The summed E-state index contributed by atoms with van der Waals surface area (Å²) in [5.41, 5.74) is 5.41. The Morgan fingerprint density at radius 1 is 1.41 bits per heavy atom. The normalized spacial score (nSPS) is 33.6. The Hall–Kier alpha value is -0.850. The summed E-state index contributed by atoms with van der Waals surface area (Å²) in [5.74, 6) is 0. The quantitative estimate of drug-likeness (QED) is 0.807. The molecule has 1 aliphatic carbocycles. The van der Waals surface area contributed by atoms with Crippen LogP contribution in [0.1, 0.15) is 46.5 Å². The van der Waals surface area contributed by atoms with Gasteiger partial charge in [0, 0.05) is 18.5 Å². The first-order valence-corrected chi connectivity index (χ1v) is 8.23. The molecule has 6 heteroatoms. The molecule has 2 rings (SSSR count). The van der Waals surface area contributed by atoms with E-state index < -0.39 is 5.60 Å². The minimum Gasteiger partial charge on any atom is -0.444 e. The minimum absolute atomic E-state index is 0.0775. The number of nitrogens with two attached hydrogens (primary N) is 1. The Kier molecular flexibility index (Phi) is 5.35. The van der Waals surface area contributed by atoms with Gasteiger partial charge >= 0.3 is 6.09 Å². The van der Waals surface area contributed by atoms with Crippen LogP contribution in [0.25, 0.3) is 0 Å². The molecule has 2 aliphatic rings. The van der Waals surface area contributed by atoms with E-state index in [1.54, 1.807) is 4.90 Å². The van der Waals surface area contributed by atoms with Crippen LogP contribution in [-0.4, -0.2) is 60.1 Å². The molecule has 0 radical (unpaired) electrons. The number of morpholine rings is 1. The maximum absolute atomic E-state index is 12.3.